The van der Waals surface area contributed by atoms with Crippen LogP contribution in [0.3, 0.4) is 0 Å². The third-order valence-electron chi connectivity index (χ3n) is 2.92. The van der Waals surface area contributed by atoms with Crippen LogP contribution in [0.15, 0.2) is 6.20 Å². The fourth-order valence-electron chi connectivity index (χ4n) is 2.09. The molecule has 0 aliphatic carbocycles. The maximum Gasteiger partial charge on any atom is 0.0753 e. The number of hydrogen-bond acceptors (Lipinski definition) is 3. The van der Waals surface area contributed by atoms with Gasteiger partial charge in [0.05, 0.1) is 17.9 Å². The summed E-state index contributed by atoms with van der Waals surface area (Å²) in [5, 5.41) is 7.81. The van der Waals surface area contributed by atoms with Gasteiger partial charge in [0, 0.05) is 7.05 Å². The predicted octanol–water partition coefficient (Wildman–Crippen LogP) is 2.03. The molecule has 0 radical (unpaired) electrons. The first-order valence-corrected chi connectivity index (χ1v) is 5.80. The lowest BCUT2D eigenvalue weighted by Crippen LogP contribution is -2.23. The Kier molecular flexibility index (Phi) is 4.75. The van der Waals surface area contributed by atoms with E-state index in [2.05, 4.69) is 24.2 Å². The molecular formula is C11H22N4. The summed E-state index contributed by atoms with van der Waals surface area (Å²) in [6.07, 6.45) is 6.51. The Hall–Kier alpha value is -0.900. The summed E-state index contributed by atoms with van der Waals surface area (Å²) >= 11 is 0. The smallest absolute Gasteiger partial charge is 0.0753 e. The van der Waals surface area contributed by atoms with E-state index in [1.54, 1.807) is 10.9 Å². The highest BCUT2D eigenvalue weighted by Crippen LogP contribution is 2.26. The van der Waals surface area contributed by atoms with E-state index in [9.17, 15) is 0 Å². The molecule has 0 aromatic carbocycles. The van der Waals surface area contributed by atoms with Gasteiger partial charge in [0.1, 0.15) is 0 Å². The zero-order valence-electron chi connectivity index (χ0n) is 9.98. The van der Waals surface area contributed by atoms with Crippen LogP contribution in [0.2, 0.25) is 0 Å². The minimum Gasteiger partial charge on any atom is -0.322 e. The second-order valence-electron chi connectivity index (χ2n) is 4.15. The molecule has 0 bridgehead atoms. The minimum atomic E-state index is 0.0740. The summed E-state index contributed by atoms with van der Waals surface area (Å²) in [5.74, 6) is 0.553. The first kappa shape index (κ1) is 12.2. The van der Waals surface area contributed by atoms with Crippen molar-refractivity contribution in [1.29, 1.82) is 0 Å². The monoisotopic (exact) mass is 210 g/mol. The van der Waals surface area contributed by atoms with Gasteiger partial charge in [0.25, 0.3) is 0 Å². The van der Waals surface area contributed by atoms with Crippen LogP contribution in [0.4, 0.5) is 0 Å². The first-order chi connectivity index (χ1) is 7.20. The van der Waals surface area contributed by atoms with Crippen molar-refractivity contribution in [2.75, 3.05) is 0 Å². The summed E-state index contributed by atoms with van der Waals surface area (Å²) in [7, 11) is 1.90. The molecule has 4 nitrogen and oxygen atoms in total. The molecule has 15 heavy (non-hydrogen) atoms. The van der Waals surface area contributed by atoms with E-state index < -0.39 is 0 Å². The van der Waals surface area contributed by atoms with E-state index in [4.69, 9.17) is 5.73 Å². The van der Waals surface area contributed by atoms with Crippen LogP contribution in [0, 0.1) is 5.92 Å². The minimum absolute atomic E-state index is 0.0740. The number of aromatic nitrogens is 3. The second-order valence-corrected chi connectivity index (χ2v) is 4.15. The molecule has 0 aliphatic heterocycles. The highest BCUT2D eigenvalue weighted by molar-refractivity contribution is 5.02. The van der Waals surface area contributed by atoms with Crippen LogP contribution in [-0.4, -0.2) is 15.0 Å². The summed E-state index contributed by atoms with van der Waals surface area (Å²) in [4.78, 5) is 0. The van der Waals surface area contributed by atoms with Crippen molar-refractivity contribution in [3.05, 3.63) is 11.9 Å². The average Bonchev–Trinajstić information content (AvgIpc) is 2.63. The van der Waals surface area contributed by atoms with E-state index in [1.807, 2.05) is 7.05 Å². The van der Waals surface area contributed by atoms with Crippen LogP contribution >= 0.6 is 0 Å². The van der Waals surface area contributed by atoms with Crippen molar-refractivity contribution < 1.29 is 0 Å². The molecule has 0 saturated heterocycles. The number of hydrogen-bond donors (Lipinski definition) is 1. The van der Waals surface area contributed by atoms with Gasteiger partial charge >= 0.3 is 0 Å². The first-order valence-electron chi connectivity index (χ1n) is 5.80. The van der Waals surface area contributed by atoms with Crippen molar-refractivity contribution in [2.24, 2.45) is 18.7 Å². The van der Waals surface area contributed by atoms with Gasteiger partial charge in [-0.25, -0.2) is 0 Å². The van der Waals surface area contributed by atoms with Gasteiger partial charge in [0.15, 0.2) is 0 Å². The molecule has 0 aliphatic rings. The fraction of sp³-hybridized carbons (Fsp3) is 0.818. The Morgan fingerprint density at radius 3 is 2.33 bits per heavy atom. The zero-order valence-corrected chi connectivity index (χ0v) is 9.98. The third kappa shape index (κ3) is 3.02. The molecule has 0 fully saturated rings. The summed E-state index contributed by atoms with van der Waals surface area (Å²) in [5.41, 5.74) is 7.30. The van der Waals surface area contributed by atoms with Crippen molar-refractivity contribution >= 4 is 0 Å². The van der Waals surface area contributed by atoms with Gasteiger partial charge in [0.2, 0.25) is 0 Å². The van der Waals surface area contributed by atoms with Crippen LogP contribution in [-0.2, 0) is 7.05 Å². The summed E-state index contributed by atoms with van der Waals surface area (Å²) < 4.78 is 1.78. The van der Waals surface area contributed by atoms with Gasteiger partial charge in [-0.05, 0) is 18.8 Å². The largest absolute Gasteiger partial charge is 0.322 e. The van der Waals surface area contributed by atoms with E-state index in [-0.39, 0.29) is 6.04 Å². The van der Waals surface area contributed by atoms with Crippen LogP contribution < -0.4 is 5.73 Å². The standard InChI is InChI=1S/C11H22N4/c1-4-6-9(7-5-2)11(12)10-8-13-14-15(10)3/h8-9,11H,4-7,12H2,1-3H3. The van der Waals surface area contributed by atoms with Gasteiger partial charge in [-0.1, -0.05) is 31.9 Å². The molecule has 1 aromatic rings. The lowest BCUT2D eigenvalue weighted by Gasteiger charge is -2.22. The summed E-state index contributed by atoms with van der Waals surface area (Å²) in [6.45, 7) is 4.41. The Morgan fingerprint density at radius 2 is 1.93 bits per heavy atom. The Labute approximate surface area is 91.9 Å². The lowest BCUT2D eigenvalue weighted by atomic mass is 9.89. The van der Waals surface area contributed by atoms with Crippen LogP contribution in [0.25, 0.3) is 0 Å². The topological polar surface area (TPSA) is 56.7 Å². The van der Waals surface area contributed by atoms with E-state index in [0.29, 0.717) is 5.92 Å². The molecule has 2 N–H and O–H groups in total. The van der Waals surface area contributed by atoms with Crippen molar-refractivity contribution in [2.45, 2.75) is 45.6 Å². The molecule has 86 valence electrons. The Morgan fingerprint density at radius 1 is 1.33 bits per heavy atom. The van der Waals surface area contributed by atoms with Crippen LogP contribution in [0.1, 0.15) is 51.3 Å². The maximum absolute atomic E-state index is 6.26. The van der Waals surface area contributed by atoms with E-state index in [1.165, 1.54) is 25.7 Å². The molecule has 0 amide bonds. The molecule has 1 rings (SSSR count). The van der Waals surface area contributed by atoms with Crippen molar-refractivity contribution in [3.8, 4) is 0 Å². The average molecular weight is 210 g/mol. The van der Waals surface area contributed by atoms with Crippen LogP contribution in [0.5, 0.6) is 0 Å². The quantitative estimate of drug-likeness (QED) is 0.781. The molecule has 0 saturated carbocycles. The number of rotatable bonds is 6. The number of nitrogens with zero attached hydrogens (tertiary/aromatic N) is 3. The molecule has 4 heteroatoms. The lowest BCUT2D eigenvalue weighted by molar-refractivity contribution is 0.355. The zero-order chi connectivity index (χ0) is 11.3. The van der Waals surface area contributed by atoms with Crippen molar-refractivity contribution in [1.82, 2.24) is 15.0 Å². The van der Waals surface area contributed by atoms with Gasteiger partial charge in [-0.3, -0.25) is 4.68 Å². The highest BCUT2D eigenvalue weighted by Gasteiger charge is 2.20. The molecule has 1 aromatic heterocycles. The normalized spacial score (nSPS) is 13.4. The van der Waals surface area contributed by atoms with Gasteiger partial charge < -0.3 is 5.73 Å². The van der Waals surface area contributed by atoms with Crippen molar-refractivity contribution in [3.63, 3.8) is 0 Å². The molecule has 1 heterocycles. The SMILES string of the molecule is CCCC(CCC)C(N)c1cnnn1C. The number of aryl methyl sites for hydroxylation is 1. The van der Waals surface area contributed by atoms with E-state index in [0.717, 1.165) is 5.69 Å². The van der Waals surface area contributed by atoms with E-state index >= 15 is 0 Å². The molecule has 1 unspecified atom stereocenters. The molecular weight excluding hydrogens is 188 g/mol. The Balaban J connectivity index is 2.71. The fourth-order valence-corrected chi connectivity index (χ4v) is 2.09. The molecule has 1 atom stereocenters. The maximum atomic E-state index is 6.26. The van der Waals surface area contributed by atoms with Gasteiger partial charge in [-0.2, -0.15) is 0 Å². The number of nitrogens with two attached hydrogens (primary N) is 1. The predicted molar refractivity (Wildman–Crippen MR) is 61.2 cm³/mol. The Bertz CT molecular complexity index is 276. The highest BCUT2D eigenvalue weighted by atomic mass is 15.4. The van der Waals surface area contributed by atoms with Gasteiger partial charge in [-0.15, -0.1) is 5.10 Å². The second kappa shape index (κ2) is 5.85. The summed E-state index contributed by atoms with van der Waals surface area (Å²) in [6, 6.07) is 0.0740. The third-order valence-corrected chi connectivity index (χ3v) is 2.92. The molecule has 0 spiro atoms.